The maximum atomic E-state index is 5.81. The van der Waals surface area contributed by atoms with Gasteiger partial charge in [0.25, 0.3) is 0 Å². The normalized spacial score (nSPS) is 20.1. The molecule has 0 spiro atoms. The van der Waals surface area contributed by atoms with Crippen molar-refractivity contribution in [3.63, 3.8) is 0 Å². The molecule has 0 aromatic carbocycles. The van der Waals surface area contributed by atoms with Crippen LogP contribution in [0.3, 0.4) is 0 Å². The van der Waals surface area contributed by atoms with Crippen molar-refractivity contribution in [2.24, 2.45) is 0 Å². The molecule has 1 heterocycles. The Hall–Kier alpha value is -0.120. The molecule has 1 fully saturated rings. The molecule has 1 rings (SSSR count). The van der Waals surface area contributed by atoms with Crippen LogP contribution < -0.4 is 5.32 Å². The predicted molar refractivity (Wildman–Crippen MR) is 59.6 cm³/mol. The van der Waals surface area contributed by atoms with Crippen molar-refractivity contribution in [3.8, 4) is 0 Å². The van der Waals surface area contributed by atoms with Gasteiger partial charge in [0.2, 0.25) is 0 Å². The summed E-state index contributed by atoms with van der Waals surface area (Å²) in [4.78, 5) is 2.37. The Bertz CT molecular complexity index is 133. The minimum Gasteiger partial charge on any atom is -0.378 e. The van der Waals surface area contributed by atoms with Crippen LogP contribution in [0.4, 0.5) is 0 Å². The van der Waals surface area contributed by atoms with Crippen molar-refractivity contribution in [2.45, 2.75) is 32.3 Å². The maximum absolute atomic E-state index is 5.81. The molecule has 0 amide bonds. The second kappa shape index (κ2) is 7.21. The van der Waals surface area contributed by atoms with Crippen LogP contribution in [0.25, 0.3) is 0 Å². The van der Waals surface area contributed by atoms with Crippen LogP contribution >= 0.6 is 0 Å². The van der Waals surface area contributed by atoms with Gasteiger partial charge in [-0.25, -0.2) is 0 Å². The molecule has 1 N–H and O–H groups in total. The first-order valence-corrected chi connectivity index (χ1v) is 5.83. The number of piperidine rings is 1. The lowest BCUT2D eigenvalue weighted by molar-refractivity contribution is 0.0117. The van der Waals surface area contributed by atoms with Crippen molar-refractivity contribution in [1.82, 2.24) is 10.2 Å². The van der Waals surface area contributed by atoms with Crippen molar-refractivity contribution >= 4 is 0 Å². The SMILES string of the molecule is CCNCCCOC1CCN(C)CC1. The fraction of sp³-hybridized carbons (Fsp3) is 1.00. The number of nitrogens with zero attached hydrogens (tertiary/aromatic N) is 1. The van der Waals surface area contributed by atoms with Gasteiger partial charge in [0, 0.05) is 19.7 Å². The van der Waals surface area contributed by atoms with Gasteiger partial charge in [0.15, 0.2) is 0 Å². The highest BCUT2D eigenvalue weighted by Crippen LogP contribution is 2.11. The molecule has 1 aliphatic heterocycles. The number of likely N-dealkylation sites (tertiary alicyclic amines) is 1. The summed E-state index contributed by atoms with van der Waals surface area (Å²) in [5.74, 6) is 0. The van der Waals surface area contributed by atoms with Crippen molar-refractivity contribution in [3.05, 3.63) is 0 Å². The van der Waals surface area contributed by atoms with E-state index in [2.05, 4.69) is 24.2 Å². The average Bonchev–Trinajstić information content (AvgIpc) is 2.21. The lowest BCUT2D eigenvalue weighted by Gasteiger charge is -2.28. The van der Waals surface area contributed by atoms with Crippen LogP contribution in [0.15, 0.2) is 0 Å². The van der Waals surface area contributed by atoms with Gasteiger partial charge in [0.05, 0.1) is 6.10 Å². The zero-order valence-corrected chi connectivity index (χ0v) is 9.59. The third-order valence-corrected chi connectivity index (χ3v) is 2.77. The summed E-state index contributed by atoms with van der Waals surface area (Å²) in [5, 5.41) is 3.30. The van der Waals surface area contributed by atoms with Crippen molar-refractivity contribution < 1.29 is 4.74 Å². The van der Waals surface area contributed by atoms with E-state index < -0.39 is 0 Å². The van der Waals surface area contributed by atoms with Gasteiger partial charge >= 0.3 is 0 Å². The molecule has 0 radical (unpaired) electrons. The molecule has 1 aliphatic rings. The molecule has 1 saturated heterocycles. The van der Waals surface area contributed by atoms with Gasteiger partial charge in [-0.3, -0.25) is 0 Å². The molecule has 0 aromatic heterocycles. The topological polar surface area (TPSA) is 24.5 Å². The summed E-state index contributed by atoms with van der Waals surface area (Å²) >= 11 is 0. The van der Waals surface area contributed by atoms with Gasteiger partial charge in [-0.15, -0.1) is 0 Å². The second-order valence-corrected chi connectivity index (χ2v) is 4.08. The summed E-state index contributed by atoms with van der Waals surface area (Å²) < 4.78 is 5.81. The molecule has 84 valence electrons. The third kappa shape index (κ3) is 4.94. The van der Waals surface area contributed by atoms with Gasteiger partial charge < -0.3 is 15.0 Å². The number of ether oxygens (including phenoxy) is 1. The quantitative estimate of drug-likeness (QED) is 0.650. The Balaban J connectivity index is 1.91. The van der Waals surface area contributed by atoms with Crippen LogP contribution in [-0.4, -0.2) is 50.8 Å². The zero-order chi connectivity index (χ0) is 10.2. The summed E-state index contributed by atoms with van der Waals surface area (Å²) in [6, 6.07) is 0. The molecule has 3 heteroatoms. The van der Waals surface area contributed by atoms with Crippen LogP contribution in [-0.2, 0) is 4.74 Å². The summed E-state index contributed by atoms with van der Waals surface area (Å²) in [6.07, 6.45) is 4.07. The van der Waals surface area contributed by atoms with E-state index >= 15 is 0 Å². The van der Waals surface area contributed by atoms with Gasteiger partial charge in [-0.05, 0) is 39.4 Å². The molecule has 14 heavy (non-hydrogen) atoms. The van der Waals surface area contributed by atoms with E-state index in [4.69, 9.17) is 4.74 Å². The van der Waals surface area contributed by atoms with Gasteiger partial charge in [-0.1, -0.05) is 6.92 Å². The average molecular weight is 200 g/mol. The number of nitrogens with one attached hydrogen (secondary N) is 1. The highest BCUT2D eigenvalue weighted by atomic mass is 16.5. The fourth-order valence-corrected chi connectivity index (χ4v) is 1.78. The third-order valence-electron chi connectivity index (χ3n) is 2.77. The fourth-order valence-electron chi connectivity index (χ4n) is 1.78. The standard InChI is InChI=1S/C11H24N2O/c1-3-12-7-4-10-14-11-5-8-13(2)9-6-11/h11-12H,3-10H2,1-2H3. The van der Waals surface area contributed by atoms with Crippen molar-refractivity contribution in [2.75, 3.05) is 39.8 Å². The predicted octanol–water partition coefficient (Wildman–Crippen LogP) is 1.10. The van der Waals surface area contributed by atoms with E-state index in [0.29, 0.717) is 6.10 Å². The Morgan fingerprint density at radius 1 is 1.36 bits per heavy atom. The Kier molecular flexibility index (Phi) is 6.15. The van der Waals surface area contributed by atoms with Crippen LogP contribution in [0.5, 0.6) is 0 Å². The van der Waals surface area contributed by atoms with Gasteiger partial charge in [0.1, 0.15) is 0 Å². The molecular weight excluding hydrogens is 176 g/mol. The summed E-state index contributed by atoms with van der Waals surface area (Å²) in [6.45, 7) is 7.59. The molecule has 0 aliphatic carbocycles. The first-order chi connectivity index (χ1) is 6.83. The monoisotopic (exact) mass is 200 g/mol. The molecule has 0 saturated carbocycles. The van der Waals surface area contributed by atoms with E-state index in [9.17, 15) is 0 Å². The Morgan fingerprint density at radius 3 is 2.71 bits per heavy atom. The summed E-state index contributed by atoms with van der Waals surface area (Å²) in [5.41, 5.74) is 0. The van der Waals surface area contributed by atoms with E-state index in [0.717, 1.165) is 26.1 Å². The molecule has 0 bridgehead atoms. The Morgan fingerprint density at radius 2 is 2.07 bits per heavy atom. The second-order valence-electron chi connectivity index (χ2n) is 4.08. The van der Waals surface area contributed by atoms with E-state index in [1.807, 2.05) is 0 Å². The Labute approximate surface area is 87.8 Å². The first-order valence-electron chi connectivity index (χ1n) is 5.83. The first kappa shape index (κ1) is 12.0. The molecular formula is C11H24N2O. The zero-order valence-electron chi connectivity index (χ0n) is 9.59. The molecule has 0 aromatic rings. The maximum Gasteiger partial charge on any atom is 0.0599 e. The van der Waals surface area contributed by atoms with Crippen LogP contribution in [0.2, 0.25) is 0 Å². The molecule has 0 unspecified atom stereocenters. The number of hydrogen-bond acceptors (Lipinski definition) is 3. The molecule has 3 nitrogen and oxygen atoms in total. The van der Waals surface area contributed by atoms with Crippen LogP contribution in [0.1, 0.15) is 26.2 Å². The number of rotatable bonds is 6. The largest absolute Gasteiger partial charge is 0.378 e. The highest BCUT2D eigenvalue weighted by molar-refractivity contribution is 4.69. The van der Waals surface area contributed by atoms with E-state index in [1.165, 1.54) is 25.9 Å². The van der Waals surface area contributed by atoms with E-state index in [-0.39, 0.29) is 0 Å². The van der Waals surface area contributed by atoms with Crippen molar-refractivity contribution in [1.29, 1.82) is 0 Å². The van der Waals surface area contributed by atoms with E-state index in [1.54, 1.807) is 0 Å². The summed E-state index contributed by atoms with van der Waals surface area (Å²) in [7, 11) is 2.18. The van der Waals surface area contributed by atoms with Crippen LogP contribution in [0, 0.1) is 0 Å². The lowest BCUT2D eigenvalue weighted by atomic mass is 10.1. The smallest absolute Gasteiger partial charge is 0.0599 e. The van der Waals surface area contributed by atoms with Gasteiger partial charge in [-0.2, -0.15) is 0 Å². The highest BCUT2D eigenvalue weighted by Gasteiger charge is 2.16. The minimum absolute atomic E-state index is 0.521. The minimum atomic E-state index is 0.521. The lowest BCUT2D eigenvalue weighted by Crippen LogP contribution is -2.34. The number of hydrogen-bond donors (Lipinski definition) is 1. The molecule has 0 atom stereocenters.